The lowest BCUT2D eigenvalue weighted by Gasteiger charge is -2.43. The molecule has 0 bridgehead atoms. The summed E-state index contributed by atoms with van der Waals surface area (Å²) in [5.41, 5.74) is 0. The third kappa shape index (κ3) is 3.10. The van der Waals surface area contributed by atoms with Gasteiger partial charge >= 0.3 is 0 Å². The van der Waals surface area contributed by atoms with E-state index in [0.717, 1.165) is 18.5 Å². The molecular weight excluding hydrogens is 172 g/mol. The monoisotopic (exact) mass is 196 g/mol. The van der Waals surface area contributed by atoms with Gasteiger partial charge in [0.1, 0.15) is 0 Å². The van der Waals surface area contributed by atoms with Crippen molar-refractivity contribution >= 4 is 0 Å². The quantitative estimate of drug-likeness (QED) is 0.653. The lowest BCUT2D eigenvalue weighted by Crippen LogP contribution is -2.49. The lowest BCUT2D eigenvalue weighted by molar-refractivity contribution is 0.0921. The van der Waals surface area contributed by atoms with Gasteiger partial charge in [-0.05, 0) is 32.4 Å². The lowest BCUT2D eigenvalue weighted by atomic mass is 9.78. The minimum Gasteiger partial charge on any atom is -0.314 e. The molecule has 14 heavy (non-hydrogen) atoms. The van der Waals surface area contributed by atoms with Gasteiger partial charge in [0.05, 0.1) is 0 Å². The molecular formula is C12H24N2. The molecule has 0 spiro atoms. The zero-order valence-corrected chi connectivity index (χ0v) is 9.79. The first-order chi connectivity index (χ1) is 6.65. The second-order valence-corrected chi connectivity index (χ2v) is 4.70. The van der Waals surface area contributed by atoms with Crippen molar-refractivity contribution in [2.24, 2.45) is 5.92 Å². The maximum atomic E-state index is 3.78. The van der Waals surface area contributed by atoms with Crippen molar-refractivity contribution in [1.82, 2.24) is 10.2 Å². The summed E-state index contributed by atoms with van der Waals surface area (Å²) in [7, 11) is 2.20. The number of hydrogen-bond donors (Lipinski definition) is 1. The molecule has 2 unspecified atom stereocenters. The summed E-state index contributed by atoms with van der Waals surface area (Å²) in [6.45, 7) is 10.4. The van der Waals surface area contributed by atoms with Crippen molar-refractivity contribution in [3.05, 3.63) is 12.7 Å². The summed E-state index contributed by atoms with van der Waals surface area (Å²) in [6, 6.07) is 1.39. The van der Waals surface area contributed by atoms with Crippen LogP contribution < -0.4 is 5.32 Å². The van der Waals surface area contributed by atoms with Crippen LogP contribution in [0.4, 0.5) is 0 Å². The molecule has 0 amide bonds. The van der Waals surface area contributed by atoms with Gasteiger partial charge in [0, 0.05) is 18.6 Å². The fourth-order valence-corrected chi connectivity index (χ4v) is 2.10. The fraction of sp³-hybridized carbons (Fsp3) is 0.833. The van der Waals surface area contributed by atoms with E-state index in [1.54, 1.807) is 0 Å². The van der Waals surface area contributed by atoms with E-state index >= 15 is 0 Å². The summed E-state index contributed by atoms with van der Waals surface area (Å²) in [6.07, 6.45) is 4.73. The predicted molar refractivity (Wildman–Crippen MR) is 62.5 cm³/mol. The van der Waals surface area contributed by atoms with Gasteiger partial charge in [-0.25, -0.2) is 0 Å². The van der Waals surface area contributed by atoms with Crippen LogP contribution in [0.5, 0.6) is 0 Å². The van der Waals surface area contributed by atoms with E-state index in [0.29, 0.717) is 6.04 Å². The average molecular weight is 196 g/mol. The molecule has 0 aliphatic heterocycles. The van der Waals surface area contributed by atoms with Crippen LogP contribution in [0.15, 0.2) is 12.7 Å². The normalized spacial score (nSPS) is 26.6. The molecule has 1 fully saturated rings. The second-order valence-electron chi connectivity index (χ2n) is 4.70. The van der Waals surface area contributed by atoms with Crippen LogP contribution in [-0.4, -0.2) is 37.1 Å². The van der Waals surface area contributed by atoms with Crippen LogP contribution in [-0.2, 0) is 0 Å². The largest absolute Gasteiger partial charge is 0.314 e. The topological polar surface area (TPSA) is 15.3 Å². The highest BCUT2D eigenvalue weighted by Crippen LogP contribution is 2.30. The van der Waals surface area contributed by atoms with Gasteiger partial charge in [-0.15, -0.1) is 6.58 Å². The zero-order chi connectivity index (χ0) is 10.6. The Morgan fingerprint density at radius 2 is 2.21 bits per heavy atom. The molecule has 2 nitrogen and oxygen atoms in total. The van der Waals surface area contributed by atoms with Gasteiger partial charge in [0.2, 0.25) is 0 Å². The molecule has 1 rings (SSSR count). The van der Waals surface area contributed by atoms with E-state index in [-0.39, 0.29) is 0 Å². The minimum atomic E-state index is 0.612. The number of likely N-dealkylation sites (N-methyl/N-ethyl adjacent to an activating group) is 1. The molecule has 1 N–H and O–H groups in total. The molecule has 2 atom stereocenters. The van der Waals surface area contributed by atoms with E-state index in [4.69, 9.17) is 0 Å². The zero-order valence-electron chi connectivity index (χ0n) is 9.79. The second kappa shape index (κ2) is 5.52. The Morgan fingerprint density at radius 3 is 2.64 bits per heavy atom. The van der Waals surface area contributed by atoms with E-state index < -0.39 is 0 Å². The Labute approximate surface area is 88.4 Å². The summed E-state index contributed by atoms with van der Waals surface area (Å²) in [5.74, 6) is 0.849. The van der Waals surface area contributed by atoms with Crippen molar-refractivity contribution in [3.8, 4) is 0 Å². The Balaban J connectivity index is 2.23. The third-order valence-corrected chi connectivity index (χ3v) is 3.15. The van der Waals surface area contributed by atoms with Crippen LogP contribution >= 0.6 is 0 Å². The van der Waals surface area contributed by atoms with Gasteiger partial charge in [0.25, 0.3) is 0 Å². The van der Waals surface area contributed by atoms with Crippen molar-refractivity contribution in [2.75, 3.05) is 20.1 Å². The highest BCUT2D eigenvalue weighted by Gasteiger charge is 2.32. The maximum absolute atomic E-state index is 3.78. The van der Waals surface area contributed by atoms with Gasteiger partial charge in [0.15, 0.2) is 0 Å². The van der Waals surface area contributed by atoms with Crippen LogP contribution in [0.3, 0.4) is 0 Å². The molecule has 1 aliphatic carbocycles. The van der Waals surface area contributed by atoms with E-state index in [9.17, 15) is 0 Å². The Hall–Kier alpha value is -0.340. The predicted octanol–water partition coefficient (Wildman–Crippen LogP) is 1.88. The third-order valence-electron chi connectivity index (χ3n) is 3.15. The summed E-state index contributed by atoms with van der Waals surface area (Å²) < 4.78 is 0. The first kappa shape index (κ1) is 11.7. The Kier molecular flexibility index (Phi) is 4.63. The van der Waals surface area contributed by atoms with Crippen LogP contribution in [0.1, 0.15) is 26.7 Å². The minimum absolute atomic E-state index is 0.612. The van der Waals surface area contributed by atoms with Crippen LogP contribution in [0.2, 0.25) is 0 Å². The van der Waals surface area contributed by atoms with Crippen LogP contribution in [0, 0.1) is 5.92 Å². The van der Waals surface area contributed by atoms with E-state index in [2.05, 4.69) is 37.7 Å². The summed E-state index contributed by atoms with van der Waals surface area (Å²) >= 11 is 0. The molecule has 0 radical (unpaired) electrons. The molecule has 0 saturated heterocycles. The first-order valence-electron chi connectivity index (χ1n) is 5.69. The van der Waals surface area contributed by atoms with Crippen LogP contribution in [0.25, 0.3) is 0 Å². The summed E-state index contributed by atoms with van der Waals surface area (Å²) in [4.78, 5) is 2.42. The van der Waals surface area contributed by atoms with Gasteiger partial charge in [-0.2, -0.15) is 0 Å². The van der Waals surface area contributed by atoms with Gasteiger partial charge in [-0.1, -0.05) is 19.9 Å². The number of nitrogens with zero attached hydrogens (tertiary/aromatic N) is 1. The number of nitrogens with one attached hydrogen (secondary N) is 1. The number of rotatable bonds is 6. The molecule has 0 heterocycles. The van der Waals surface area contributed by atoms with E-state index in [1.165, 1.54) is 19.4 Å². The Bertz CT molecular complexity index is 177. The molecule has 2 heteroatoms. The number of hydrogen-bond acceptors (Lipinski definition) is 2. The Morgan fingerprint density at radius 1 is 1.50 bits per heavy atom. The highest BCUT2D eigenvalue weighted by molar-refractivity contribution is 4.91. The fourth-order valence-electron chi connectivity index (χ4n) is 2.10. The average Bonchev–Trinajstić information content (AvgIpc) is 2.01. The summed E-state index contributed by atoms with van der Waals surface area (Å²) in [5, 5.41) is 3.52. The molecule has 1 aliphatic rings. The standard InChI is InChI=1S/C12H24N2/c1-5-8-14(4)12-7-6-11(12)9-13-10(2)3/h5,10-13H,1,6-9H2,2-4H3. The molecule has 0 aromatic rings. The highest BCUT2D eigenvalue weighted by atomic mass is 15.1. The van der Waals surface area contributed by atoms with Gasteiger partial charge in [-0.3, -0.25) is 4.90 Å². The van der Waals surface area contributed by atoms with Crippen molar-refractivity contribution in [1.29, 1.82) is 0 Å². The van der Waals surface area contributed by atoms with E-state index in [1.807, 2.05) is 6.08 Å². The van der Waals surface area contributed by atoms with Gasteiger partial charge < -0.3 is 5.32 Å². The smallest absolute Gasteiger partial charge is 0.0160 e. The van der Waals surface area contributed by atoms with Crippen molar-refractivity contribution in [2.45, 2.75) is 38.8 Å². The van der Waals surface area contributed by atoms with Crippen molar-refractivity contribution in [3.63, 3.8) is 0 Å². The van der Waals surface area contributed by atoms with Crippen molar-refractivity contribution < 1.29 is 0 Å². The molecule has 1 saturated carbocycles. The first-order valence-corrected chi connectivity index (χ1v) is 5.69. The SMILES string of the molecule is C=CCN(C)C1CCC1CNC(C)C. The maximum Gasteiger partial charge on any atom is 0.0160 e. The molecule has 82 valence electrons. The molecule has 0 aromatic heterocycles. The molecule has 0 aromatic carbocycles.